The number of carboxylic acids is 1. The van der Waals surface area contributed by atoms with Gasteiger partial charge in [-0.25, -0.2) is 0 Å². The van der Waals surface area contributed by atoms with Gasteiger partial charge >= 0.3 is 5.97 Å². The van der Waals surface area contributed by atoms with Crippen LogP contribution in [0, 0.1) is 0 Å². The lowest BCUT2D eigenvalue weighted by Crippen LogP contribution is -2.24. The lowest BCUT2D eigenvalue weighted by atomic mass is 10.1. The zero-order valence-corrected chi connectivity index (χ0v) is 14.2. The number of hydrogen-bond donors (Lipinski definition) is 2. The van der Waals surface area contributed by atoms with Crippen LogP contribution < -0.4 is 5.32 Å². The molecule has 110 valence electrons. The van der Waals surface area contributed by atoms with Crippen molar-refractivity contribution in [3.63, 3.8) is 0 Å². The molecular weight excluding hydrogens is 390 g/mol. The molecule has 0 aromatic heterocycles. The topological polar surface area (TPSA) is 66.4 Å². The fourth-order valence-corrected chi connectivity index (χ4v) is 3.04. The van der Waals surface area contributed by atoms with E-state index < -0.39 is 5.97 Å². The fraction of sp³-hybridized carbons (Fsp3) is 0.429. The Hall–Kier alpha value is -0.880. The molecule has 1 aromatic rings. The van der Waals surface area contributed by atoms with E-state index in [4.69, 9.17) is 5.11 Å². The van der Waals surface area contributed by atoms with Crippen LogP contribution in [0.5, 0.6) is 0 Å². The summed E-state index contributed by atoms with van der Waals surface area (Å²) in [6, 6.07) is 5.42. The summed E-state index contributed by atoms with van der Waals surface area (Å²) in [5, 5.41) is 11.4. The molecular formula is C14H17Br2NO3. The fourth-order valence-electron chi connectivity index (χ4n) is 1.74. The second kappa shape index (κ2) is 9.13. The molecule has 4 nitrogen and oxygen atoms in total. The monoisotopic (exact) mass is 405 g/mol. The summed E-state index contributed by atoms with van der Waals surface area (Å²) in [6.07, 6.45) is 3.58. The summed E-state index contributed by atoms with van der Waals surface area (Å²) < 4.78 is 1.70. The van der Waals surface area contributed by atoms with E-state index in [9.17, 15) is 9.59 Å². The standard InChI is InChI=1S/C14H17Br2NO3/c15-11-7-10(8-12(16)9-11)14(20)17-6-4-2-1-3-5-13(18)19/h7-9H,1-6H2,(H,17,20)(H,18,19). The van der Waals surface area contributed by atoms with Crippen molar-refractivity contribution < 1.29 is 14.7 Å². The number of benzene rings is 1. The Kier molecular flexibility index (Phi) is 7.84. The van der Waals surface area contributed by atoms with E-state index in [0.29, 0.717) is 18.5 Å². The number of amides is 1. The minimum atomic E-state index is -0.751. The average molecular weight is 407 g/mol. The summed E-state index contributed by atoms with van der Waals surface area (Å²) in [6.45, 7) is 0.607. The molecule has 0 heterocycles. The van der Waals surface area contributed by atoms with Gasteiger partial charge in [0.15, 0.2) is 0 Å². The van der Waals surface area contributed by atoms with Gasteiger partial charge in [0.2, 0.25) is 0 Å². The van der Waals surface area contributed by atoms with Gasteiger partial charge in [-0.1, -0.05) is 44.7 Å². The van der Waals surface area contributed by atoms with Crippen LogP contribution in [0.3, 0.4) is 0 Å². The summed E-state index contributed by atoms with van der Waals surface area (Å²) in [7, 11) is 0. The Morgan fingerprint density at radius 3 is 2.20 bits per heavy atom. The number of rotatable bonds is 8. The van der Waals surface area contributed by atoms with Crippen molar-refractivity contribution in [1.82, 2.24) is 5.32 Å². The highest BCUT2D eigenvalue weighted by Crippen LogP contribution is 2.20. The molecule has 0 fully saturated rings. The van der Waals surface area contributed by atoms with E-state index in [1.165, 1.54) is 0 Å². The highest BCUT2D eigenvalue weighted by molar-refractivity contribution is 9.11. The van der Waals surface area contributed by atoms with Crippen LogP contribution in [-0.4, -0.2) is 23.5 Å². The van der Waals surface area contributed by atoms with Gasteiger partial charge in [-0.3, -0.25) is 9.59 Å². The first-order valence-corrected chi connectivity index (χ1v) is 8.03. The molecule has 0 atom stereocenters. The minimum Gasteiger partial charge on any atom is -0.481 e. The van der Waals surface area contributed by atoms with Gasteiger partial charge in [0.1, 0.15) is 0 Å². The third-order valence-electron chi connectivity index (χ3n) is 2.73. The Labute approximate surface area is 135 Å². The Bertz CT molecular complexity index is 457. The first kappa shape index (κ1) is 17.2. The van der Waals surface area contributed by atoms with Crippen molar-refractivity contribution in [2.75, 3.05) is 6.54 Å². The number of carbonyl (C=O) groups is 2. The van der Waals surface area contributed by atoms with Crippen LogP contribution >= 0.6 is 31.9 Å². The molecule has 0 aliphatic carbocycles. The Balaban J connectivity index is 2.21. The molecule has 0 radical (unpaired) electrons. The van der Waals surface area contributed by atoms with Gasteiger partial charge in [-0.15, -0.1) is 0 Å². The van der Waals surface area contributed by atoms with Crippen molar-refractivity contribution in [3.8, 4) is 0 Å². The predicted molar refractivity (Wildman–Crippen MR) is 84.9 cm³/mol. The number of aliphatic carboxylic acids is 1. The minimum absolute atomic E-state index is 0.0995. The Morgan fingerprint density at radius 2 is 1.60 bits per heavy atom. The average Bonchev–Trinajstić information content (AvgIpc) is 2.35. The summed E-state index contributed by atoms with van der Waals surface area (Å²) in [4.78, 5) is 22.2. The third-order valence-corrected chi connectivity index (χ3v) is 3.64. The van der Waals surface area contributed by atoms with Gasteiger partial charge < -0.3 is 10.4 Å². The van der Waals surface area contributed by atoms with Gasteiger partial charge in [0, 0.05) is 27.5 Å². The van der Waals surface area contributed by atoms with Crippen LogP contribution in [-0.2, 0) is 4.79 Å². The van der Waals surface area contributed by atoms with E-state index in [2.05, 4.69) is 37.2 Å². The highest BCUT2D eigenvalue weighted by atomic mass is 79.9. The Morgan fingerprint density at radius 1 is 1.00 bits per heavy atom. The number of halogens is 2. The lowest BCUT2D eigenvalue weighted by molar-refractivity contribution is -0.137. The summed E-state index contributed by atoms with van der Waals surface area (Å²) in [5.74, 6) is -0.851. The van der Waals surface area contributed by atoms with Gasteiger partial charge in [0.25, 0.3) is 5.91 Å². The maximum atomic E-state index is 11.9. The number of carbonyl (C=O) groups excluding carboxylic acids is 1. The molecule has 1 rings (SSSR count). The summed E-state index contributed by atoms with van der Waals surface area (Å²) in [5.41, 5.74) is 0.608. The van der Waals surface area contributed by atoms with Gasteiger partial charge in [-0.2, -0.15) is 0 Å². The van der Waals surface area contributed by atoms with Crippen LogP contribution in [0.4, 0.5) is 0 Å². The molecule has 0 saturated carbocycles. The van der Waals surface area contributed by atoms with Crippen LogP contribution in [0.2, 0.25) is 0 Å². The lowest BCUT2D eigenvalue weighted by Gasteiger charge is -2.06. The molecule has 1 amide bonds. The van der Waals surface area contributed by atoms with Crippen LogP contribution in [0.1, 0.15) is 42.5 Å². The number of hydrogen-bond acceptors (Lipinski definition) is 2. The zero-order chi connectivity index (χ0) is 15.0. The van der Waals surface area contributed by atoms with E-state index in [-0.39, 0.29) is 12.3 Å². The van der Waals surface area contributed by atoms with Gasteiger partial charge in [-0.05, 0) is 31.0 Å². The molecule has 6 heteroatoms. The first-order valence-electron chi connectivity index (χ1n) is 6.45. The molecule has 2 N–H and O–H groups in total. The van der Waals surface area contributed by atoms with Crippen molar-refractivity contribution >= 4 is 43.7 Å². The predicted octanol–water partition coefficient (Wildman–Crippen LogP) is 3.98. The molecule has 0 aliphatic rings. The van der Waals surface area contributed by atoms with Crippen LogP contribution in [0.25, 0.3) is 0 Å². The molecule has 0 unspecified atom stereocenters. The summed E-state index contributed by atoms with van der Waals surface area (Å²) >= 11 is 6.69. The SMILES string of the molecule is O=C(O)CCCCCCNC(=O)c1cc(Br)cc(Br)c1. The molecule has 0 aliphatic heterocycles. The number of unbranched alkanes of at least 4 members (excludes halogenated alkanes) is 3. The van der Waals surface area contributed by atoms with Crippen molar-refractivity contribution in [1.29, 1.82) is 0 Å². The number of nitrogens with one attached hydrogen (secondary N) is 1. The smallest absolute Gasteiger partial charge is 0.303 e. The van der Waals surface area contributed by atoms with Crippen molar-refractivity contribution in [2.45, 2.75) is 32.1 Å². The second-order valence-corrected chi connectivity index (χ2v) is 6.30. The molecule has 1 aromatic carbocycles. The van der Waals surface area contributed by atoms with E-state index >= 15 is 0 Å². The molecule has 0 spiro atoms. The van der Waals surface area contributed by atoms with Crippen molar-refractivity contribution in [3.05, 3.63) is 32.7 Å². The maximum absolute atomic E-state index is 11.9. The van der Waals surface area contributed by atoms with E-state index in [0.717, 1.165) is 28.2 Å². The largest absolute Gasteiger partial charge is 0.481 e. The number of carboxylic acid groups (broad SMARTS) is 1. The van der Waals surface area contributed by atoms with Crippen LogP contribution in [0.15, 0.2) is 27.1 Å². The van der Waals surface area contributed by atoms with Gasteiger partial charge in [0.05, 0.1) is 0 Å². The van der Waals surface area contributed by atoms with E-state index in [1.54, 1.807) is 12.1 Å². The first-order chi connectivity index (χ1) is 9.49. The maximum Gasteiger partial charge on any atom is 0.303 e. The third kappa shape index (κ3) is 7.05. The molecule has 0 saturated heterocycles. The quantitative estimate of drug-likeness (QED) is 0.641. The molecule has 20 heavy (non-hydrogen) atoms. The normalized spacial score (nSPS) is 10.3. The van der Waals surface area contributed by atoms with E-state index in [1.807, 2.05) is 6.07 Å². The highest BCUT2D eigenvalue weighted by Gasteiger charge is 2.06. The second-order valence-electron chi connectivity index (χ2n) is 4.47. The van der Waals surface area contributed by atoms with Crippen molar-refractivity contribution in [2.24, 2.45) is 0 Å². The molecule has 0 bridgehead atoms. The zero-order valence-electron chi connectivity index (χ0n) is 11.0.